The van der Waals surface area contributed by atoms with Crippen LogP contribution in [-0.4, -0.2) is 0 Å². The molecule has 0 radical (unpaired) electrons. The highest BCUT2D eigenvalue weighted by atomic mass is 35.5. The Hall–Kier alpha value is -1.13. The molecule has 2 rings (SSSR count). The number of hydrazine groups is 1. The first-order valence-corrected chi connectivity index (χ1v) is 6.45. The van der Waals surface area contributed by atoms with Gasteiger partial charge in [-0.25, -0.2) is 9.82 Å². The lowest BCUT2D eigenvalue weighted by atomic mass is 9.97. The van der Waals surface area contributed by atoms with E-state index in [2.05, 4.69) is 5.43 Å². The van der Waals surface area contributed by atoms with Gasteiger partial charge < -0.3 is 0 Å². The van der Waals surface area contributed by atoms with Crippen LogP contribution in [0.1, 0.15) is 22.7 Å². The van der Waals surface area contributed by atoms with Crippen LogP contribution < -0.4 is 11.3 Å². The van der Waals surface area contributed by atoms with Gasteiger partial charge in [0, 0.05) is 10.0 Å². The second-order valence-electron chi connectivity index (χ2n) is 4.27. The fourth-order valence-electron chi connectivity index (χ4n) is 1.95. The number of halogens is 3. The first kappa shape index (κ1) is 14.3. The molecule has 1 atom stereocenters. The minimum Gasteiger partial charge on any atom is -0.271 e. The fourth-order valence-corrected chi connectivity index (χ4v) is 2.36. The summed E-state index contributed by atoms with van der Waals surface area (Å²) in [5, 5.41) is 1.12. The van der Waals surface area contributed by atoms with Crippen LogP contribution in [0.15, 0.2) is 36.4 Å². The summed E-state index contributed by atoms with van der Waals surface area (Å²) in [6, 6.07) is 9.63. The van der Waals surface area contributed by atoms with Crippen LogP contribution in [0.5, 0.6) is 0 Å². The van der Waals surface area contributed by atoms with E-state index in [0.29, 0.717) is 15.6 Å². The third-order valence-corrected chi connectivity index (χ3v) is 3.53. The van der Waals surface area contributed by atoms with Crippen molar-refractivity contribution >= 4 is 23.2 Å². The quantitative estimate of drug-likeness (QED) is 0.664. The Bertz CT molecular complexity index is 602. The highest BCUT2D eigenvalue weighted by Crippen LogP contribution is 2.30. The molecule has 0 aliphatic heterocycles. The van der Waals surface area contributed by atoms with Gasteiger partial charge in [-0.3, -0.25) is 5.84 Å². The van der Waals surface area contributed by atoms with Gasteiger partial charge in [0.25, 0.3) is 0 Å². The number of rotatable bonds is 3. The molecule has 0 fully saturated rings. The highest BCUT2D eigenvalue weighted by Gasteiger charge is 2.17. The Morgan fingerprint density at radius 3 is 2.53 bits per heavy atom. The number of benzene rings is 2. The van der Waals surface area contributed by atoms with Crippen molar-refractivity contribution in [3.63, 3.8) is 0 Å². The van der Waals surface area contributed by atoms with Crippen LogP contribution in [-0.2, 0) is 0 Å². The van der Waals surface area contributed by atoms with Gasteiger partial charge in [0.15, 0.2) is 0 Å². The molecule has 0 amide bonds. The van der Waals surface area contributed by atoms with Crippen LogP contribution in [0.25, 0.3) is 0 Å². The zero-order valence-corrected chi connectivity index (χ0v) is 11.8. The van der Waals surface area contributed by atoms with Crippen molar-refractivity contribution in [1.82, 2.24) is 5.43 Å². The van der Waals surface area contributed by atoms with E-state index in [0.717, 1.165) is 11.1 Å². The third kappa shape index (κ3) is 3.07. The predicted octanol–water partition coefficient (Wildman–Crippen LogP) is 3.99. The van der Waals surface area contributed by atoms with E-state index in [1.807, 2.05) is 0 Å². The summed E-state index contributed by atoms with van der Waals surface area (Å²) in [7, 11) is 0. The Balaban J connectivity index is 2.49. The molecule has 100 valence electrons. The predicted molar refractivity (Wildman–Crippen MR) is 76.8 cm³/mol. The molecule has 0 aliphatic carbocycles. The molecule has 0 heterocycles. The topological polar surface area (TPSA) is 38.0 Å². The first-order chi connectivity index (χ1) is 9.02. The van der Waals surface area contributed by atoms with Crippen LogP contribution >= 0.6 is 23.2 Å². The van der Waals surface area contributed by atoms with Gasteiger partial charge in [-0.2, -0.15) is 0 Å². The maximum Gasteiger partial charge on any atom is 0.126 e. The Morgan fingerprint density at radius 2 is 1.89 bits per heavy atom. The fraction of sp³-hybridized carbons (Fsp3) is 0.143. The van der Waals surface area contributed by atoms with Crippen LogP contribution in [0.4, 0.5) is 4.39 Å². The Labute approximate surface area is 121 Å². The summed E-state index contributed by atoms with van der Waals surface area (Å²) in [4.78, 5) is 0. The van der Waals surface area contributed by atoms with E-state index in [9.17, 15) is 4.39 Å². The van der Waals surface area contributed by atoms with Gasteiger partial charge in [0.05, 0.1) is 6.04 Å². The SMILES string of the molecule is Cc1cc(C(NN)c2cc(Cl)ccc2Cl)ccc1F. The number of nitrogens with one attached hydrogen (secondary N) is 1. The first-order valence-electron chi connectivity index (χ1n) is 5.70. The molecule has 5 heteroatoms. The van der Waals surface area contributed by atoms with Crippen LogP contribution in [0.3, 0.4) is 0 Å². The van der Waals surface area contributed by atoms with Crippen molar-refractivity contribution in [2.24, 2.45) is 5.84 Å². The Morgan fingerprint density at radius 1 is 1.16 bits per heavy atom. The van der Waals surface area contributed by atoms with Crippen molar-refractivity contribution in [1.29, 1.82) is 0 Å². The summed E-state index contributed by atoms with van der Waals surface area (Å²) < 4.78 is 13.3. The molecular weight excluding hydrogens is 286 g/mol. The average Bonchev–Trinajstić information content (AvgIpc) is 2.38. The number of hydrogen-bond acceptors (Lipinski definition) is 2. The lowest BCUT2D eigenvalue weighted by Gasteiger charge is -2.19. The molecule has 0 saturated heterocycles. The second-order valence-corrected chi connectivity index (χ2v) is 5.12. The van der Waals surface area contributed by atoms with Crippen LogP contribution in [0.2, 0.25) is 10.0 Å². The maximum atomic E-state index is 13.3. The van der Waals surface area contributed by atoms with Crippen molar-refractivity contribution < 1.29 is 4.39 Å². The molecule has 0 bridgehead atoms. The van der Waals surface area contributed by atoms with E-state index in [4.69, 9.17) is 29.0 Å². The summed E-state index contributed by atoms with van der Waals surface area (Å²) in [6.07, 6.45) is 0. The van der Waals surface area contributed by atoms with Crippen molar-refractivity contribution in [2.75, 3.05) is 0 Å². The normalized spacial score (nSPS) is 12.5. The van der Waals surface area contributed by atoms with Crippen molar-refractivity contribution in [2.45, 2.75) is 13.0 Å². The molecule has 3 N–H and O–H groups in total. The molecule has 2 aromatic rings. The minimum absolute atomic E-state index is 0.253. The van der Waals surface area contributed by atoms with Crippen molar-refractivity contribution in [3.8, 4) is 0 Å². The van der Waals surface area contributed by atoms with E-state index in [1.165, 1.54) is 6.07 Å². The number of aryl methyl sites for hydroxylation is 1. The smallest absolute Gasteiger partial charge is 0.126 e. The Kier molecular flexibility index (Phi) is 4.42. The standard InChI is InChI=1S/C14H13Cl2FN2/c1-8-6-9(2-5-13(8)17)14(19-18)11-7-10(15)3-4-12(11)16/h2-7,14,19H,18H2,1H3. The largest absolute Gasteiger partial charge is 0.271 e. The van der Waals surface area contributed by atoms with Crippen molar-refractivity contribution in [3.05, 3.63) is 69.0 Å². The minimum atomic E-state index is -0.342. The number of hydrogen-bond donors (Lipinski definition) is 2. The molecule has 19 heavy (non-hydrogen) atoms. The van der Waals surface area contributed by atoms with E-state index in [-0.39, 0.29) is 11.9 Å². The molecule has 0 spiro atoms. The lowest BCUT2D eigenvalue weighted by Crippen LogP contribution is -2.29. The molecular formula is C14H13Cl2FN2. The zero-order valence-electron chi connectivity index (χ0n) is 10.3. The molecule has 0 saturated carbocycles. The average molecular weight is 299 g/mol. The van der Waals surface area contributed by atoms with Gasteiger partial charge in [0.2, 0.25) is 0 Å². The monoisotopic (exact) mass is 298 g/mol. The maximum absolute atomic E-state index is 13.3. The third-order valence-electron chi connectivity index (χ3n) is 2.95. The van der Waals surface area contributed by atoms with Crippen LogP contribution in [0, 0.1) is 12.7 Å². The molecule has 0 aromatic heterocycles. The van der Waals surface area contributed by atoms with E-state index >= 15 is 0 Å². The van der Waals surface area contributed by atoms with E-state index in [1.54, 1.807) is 37.3 Å². The van der Waals surface area contributed by atoms with Gasteiger partial charge in [-0.05, 0) is 47.9 Å². The summed E-state index contributed by atoms with van der Waals surface area (Å²) in [5.74, 6) is 5.35. The van der Waals surface area contributed by atoms with Gasteiger partial charge in [0.1, 0.15) is 5.82 Å². The summed E-state index contributed by atoms with van der Waals surface area (Å²) in [6.45, 7) is 1.70. The zero-order chi connectivity index (χ0) is 14.0. The molecule has 1 unspecified atom stereocenters. The van der Waals surface area contributed by atoms with E-state index < -0.39 is 0 Å². The van der Waals surface area contributed by atoms with Gasteiger partial charge >= 0.3 is 0 Å². The summed E-state index contributed by atoms with van der Waals surface area (Å²) in [5.41, 5.74) is 4.81. The summed E-state index contributed by atoms with van der Waals surface area (Å²) >= 11 is 12.1. The molecule has 2 nitrogen and oxygen atoms in total. The molecule has 2 aromatic carbocycles. The van der Waals surface area contributed by atoms with Gasteiger partial charge in [-0.15, -0.1) is 0 Å². The highest BCUT2D eigenvalue weighted by molar-refractivity contribution is 6.33. The molecule has 0 aliphatic rings. The van der Waals surface area contributed by atoms with Gasteiger partial charge in [-0.1, -0.05) is 35.3 Å². The number of nitrogens with two attached hydrogens (primary N) is 1. The lowest BCUT2D eigenvalue weighted by molar-refractivity contribution is 0.608. The second kappa shape index (κ2) is 5.88.